The fourth-order valence-corrected chi connectivity index (χ4v) is 1.99. The molecule has 2 atom stereocenters. The Morgan fingerprint density at radius 2 is 2.06 bits per heavy atom. The molecule has 3 heteroatoms. The average Bonchev–Trinajstić information content (AvgIpc) is 2.20. The molecule has 2 unspecified atom stereocenters. The van der Waals surface area contributed by atoms with Gasteiger partial charge in [0.2, 0.25) is 0 Å². The highest BCUT2D eigenvalue weighted by atomic mass is 16.5. The van der Waals surface area contributed by atoms with Crippen LogP contribution in [0, 0.1) is 5.92 Å². The van der Waals surface area contributed by atoms with Crippen LogP contribution >= 0.6 is 0 Å². The van der Waals surface area contributed by atoms with Gasteiger partial charge in [0, 0.05) is 6.04 Å². The first-order valence-corrected chi connectivity index (χ1v) is 5.65. The van der Waals surface area contributed by atoms with E-state index in [0.717, 1.165) is 18.4 Å². The number of para-hydroxylation sites is 1. The molecule has 0 spiro atoms. The van der Waals surface area contributed by atoms with Crippen molar-refractivity contribution < 1.29 is 9.84 Å². The van der Waals surface area contributed by atoms with Crippen LogP contribution in [-0.4, -0.2) is 18.3 Å². The third-order valence-corrected chi connectivity index (χ3v) is 2.65. The first-order valence-electron chi connectivity index (χ1n) is 5.65. The lowest BCUT2D eigenvalue weighted by Gasteiger charge is -2.15. The largest absolute Gasteiger partial charge is 0.504 e. The van der Waals surface area contributed by atoms with Gasteiger partial charge < -0.3 is 15.6 Å². The molecule has 0 saturated carbocycles. The van der Waals surface area contributed by atoms with Crippen LogP contribution in [0.15, 0.2) is 18.2 Å². The first-order chi connectivity index (χ1) is 7.54. The van der Waals surface area contributed by atoms with Crippen LogP contribution in [0.1, 0.15) is 25.8 Å². The van der Waals surface area contributed by atoms with E-state index in [0.29, 0.717) is 11.7 Å². The highest BCUT2D eigenvalue weighted by molar-refractivity contribution is 5.45. The highest BCUT2D eigenvalue weighted by Gasteiger charge is 2.12. The van der Waals surface area contributed by atoms with Gasteiger partial charge in [0.1, 0.15) is 0 Å². The summed E-state index contributed by atoms with van der Waals surface area (Å²) >= 11 is 0. The van der Waals surface area contributed by atoms with E-state index < -0.39 is 0 Å². The monoisotopic (exact) mass is 223 g/mol. The van der Waals surface area contributed by atoms with Crippen LogP contribution in [-0.2, 0) is 6.42 Å². The molecule has 3 N–H and O–H groups in total. The Bertz CT molecular complexity index is 337. The van der Waals surface area contributed by atoms with Crippen molar-refractivity contribution in [3.8, 4) is 11.5 Å². The molecule has 0 aliphatic rings. The number of benzene rings is 1. The van der Waals surface area contributed by atoms with Crippen LogP contribution < -0.4 is 10.5 Å². The van der Waals surface area contributed by atoms with Crippen molar-refractivity contribution in [3.05, 3.63) is 23.8 Å². The lowest BCUT2D eigenvalue weighted by Crippen LogP contribution is -2.19. The van der Waals surface area contributed by atoms with E-state index in [1.807, 2.05) is 19.1 Å². The zero-order valence-corrected chi connectivity index (χ0v) is 10.2. The number of nitrogens with two attached hydrogens (primary N) is 1. The summed E-state index contributed by atoms with van der Waals surface area (Å²) in [5.74, 6) is 1.24. The second-order valence-corrected chi connectivity index (χ2v) is 4.49. The molecule has 0 amide bonds. The van der Waals surface area contributed by atoms with Crippen molar-refractivity contribution in [2.45, 2.75) is 32.7 Å². The summed E-state index contributed by atoms with van der Waals surface area (Å²) < 4.78 is 5.07. The Labute approximate surface area is 97.2 Å². The molecule has 1 aromatic carbocycles. The minimum absolute atomic E-state index is 0.197. The number of hydrogen-bond acceptors (Lipinski definition) is 3. The molecule has 0 aromatic heterocycles. The topological polar surface area (TPSA) is 55.5 Å². The molecule has 1 aromatic rings. The number of ether oxygens (including phenoxy) is 1. The van der Waals surface area contributed by atoms with E-state index in [1.54, 1.807) is 13.2 Å². The summed E-state index contributed by atoms with van der Waals surface area (Å²) in [7, 11) is 1.56. The second-order valence-electron chi connectivity index (χ2n) is 4.49. The van der Waals surface area contributed by atoms with Gasteiger partial charge in [-0.3, -0.25) is 0 Å². The summed E-state index contributed by atoms with van der Waals surface area (Å²) in [6, 6.07) is 5.78. The lowest BCUT2D eigenvalue weighted by molar-refractivity contribution is 0.367. The van der Waals surface area contributed by atoms with Crippen LogP contribution in [0.2, 0.25) is 0 Å². The molecule has 0 saturated heterocycles. The molecule has 0 aliphatic heterocycles. The van der Waals surface area contributed by atoms with Crippen LogP contribution in [0.4, 0.5) is 0 Å². The van der Waals surface area contributed by atoms with Gasteiger partial charge in [-0.2, -0.15) is 0 Å². The van der Waals surface area contributed by atoms with E-state index in [9.17, 15) is 5.11 Å². The van der Waals surface area contributed by atoms with E-state index in [4.69, 9.17) is 10.5 Å². The molecule has 0 heterocycles. The molecule has 1 rings (SSSR count). The maximum Gasteiger partial charge on any atom is 0.160 e. The SMILES string of the molecule is COc1cccc(CC(C)CC(C)N)c1O. The highest BCUT2D eigenvalue weighted by Crippen LogP contribution is 2.31. The molecule has 90 valence electrons. The Morgan fingerprint density at radius 1 is 1.38 bits per heavy atom. The van der Waals surface area contributed by atoms with E-state index in [2.05, 4.69) is 6.92 Å². The number of phenolic OH excluding ortho intramolecular Hbond substituents is 1. The fraction of sp³-hybridized carbons (Fsp3) is 0.538. The molecular formula is C13H21NO2. The maximum absolute atomic E-state index is 9.92. The summed E-state index contributed by atoms with van der Waals surface area (Å²) in [6.45, 7) is 4.14. The molecule has 16 heavy (non-hydrogen) atoms. The predicted octanol–water partition coefficient (Wildman–Crippen LogP) is 2.32. The van der Waals surface area contributed by atoms with Crippen molar-refractivity contribution in [1.82, 2.24) is 0 Å². The molecule has 3 nitrogen and oxygen atoms in total. The standard InChI is InChI=1S/C13H21NO2/c1-9(7-10(2)14)8-11-5-4-6-12(16-3)13(11)15/h4-6,9-10,15H,7-8,14H2,1-3H3. The third-order valence-electron chi connectivity index (χ3n) is 2.65. The number of hydrogen-bond donors (Lipinski definition) is 2. The molecular weight excluding hydrogens is 202 g/mol. The molecule has 0 fully saturated rings. The number of rotatable bonds is 5. The first kappa shape index (κ1) is 12.8. The second kappa shape index (κ2) is 5.75. The minimum Gasteiger partial charge on any atom is -0.504 e. The Balaban J connectivity index is 2.73. The minimum atomic E-state index is 0.197. The van der Waals surface area contributed by atoms with Gasteiger partial charge in [-0.25, -0.2) is 0 Å². The van der Waals surface area contributed by atoms with Crippen LogP contribution in [0.5, 0.6) is 11.5 Å². The fourth-order valence-electron chi connectivity index (χ4n) is 1.99. The summed E-state index contributed by atoms with van der Waals surface area (Å²) in [5, 5.41) is 9.92. The Morgan fingerprint density at radius 3 is 2.62 bits per heavy atom. The lowest BCUT2D eigenvalue weighted by atomic mass is 9.94. The number of methoxy groups -OCH3 is 1. The summed E-state index contributed by atoms with van der Waals surface area (Å²) in [4.78, 5) is 0. The van der Waals surface area contributed by atoms with Crippen molar-refractivity contribution >= 4 is 0 Å². The zero-order chi connectivity index (χ0) is 12.1. The van der Waals surface area contributed by atoms with Gasteiger partial charge in [0.05, 0.1) is 7.11 Å². The number of aromatic hydroxyl groups is 1. The molecule has 0 bridgehead atoms. The van der Waals surface area contributed by atoms with E-state index in [-0.39, 0.29) is 11.8 Å². The average molecular weight is 223 g/mol. The van der Waals surface area contributed by atoms with Crippen molar-refractivity contribution in [3.63, 3.8) is 0 Å². The summed E-state index contributed by atoms with van der Waals surface area (Å²) in [6.07, 6.45) is 1.78. The van der Waals surface area contributed by atoms with Gasteiger partial charge in [0.15, 0.2) is 11.5 Å². The van der Waals surface area contributed by atoms with Crippen LogP contribution in [0.25, 0.3) is 0 Å². The number of phenols is 1. The van der Waals surface area contributed by atoms with Gasteiger partial charge in [-0.15, -0.1) is 0 Å². The van der Waals surface area contributed by atoms with Crippen molar-refractivity contribution in [1.29, 1.82) is 0 Å². The predicted molar refractivity (Wildman–Crippen MR) is 65.8 cm³/mol. The zero-order valence-electron chi connectivity index (χ0n) is 10.2. The van der Waals surface area contributed by atoms with Crippen LogP contribution in [0.3, 0.4) is 0 Å². The molecule has 0 aliphatic carbocycles. The van der Waals surface area contributed by atoms with E-state index >= 15 is 0 Å². The Hall–Kier alpha value is -1.22. The smallest absolute Gasteiger partial charge is 0.160 e. The van der Waals surface area contributed by atoms with Gasteiger partial charge >= 0.3 is 0 Å². The Kier molecular flexibility index (Phi) is 4.62. The van der Waals surface area contributed by atoms with Gasteiger partial charge in [-0.1, -0.05) is 19.1 Å². The van der Waals surface area contributed by atoms with Crippen molar-refractivity contribution in [2.75, 3.05) is 7.11 Å². The van der Waals surface area contributed by atoms with E-state index in [1.165, 1.54) is 0 Å². The summed E-state index contributed by atoms with van der Waals surface area (Å²) in [5.41, 5.74) is 6.68. The quantitative estimate of drug-likeness (QED) is 0.805. The maximum atomic E-state index is 9.92. The third kappa shape index (κ3) is 3.42. The van der Waals surface area contributed by atoms with Gasteiger partial charge in [0.25, 0.3) is 0 Å². The van der Waals surface area contributed by atoms with Gasteiger partial charge in [-0.05, 0) is 37.3 Å². The van der Waals surface area contributed by atoms with Crippen molar-refractivity contribution in [2.24, 2.45) is 11.7 Å². The molecule has 0 radical (unpaired) electrons. The normalized spacial score (nSPS) is 14.5.